The standard InChI is InChI=1S/C46H31BN2O2/c1-46(2)30-15-5-3-13-28(30)42(29-14-4-6-16-31(29)46)27-25-36-43-37(26-27)49-35-20-8-10-22-39(35)51-41-24-12-18-33(45(41)49)47(43)32-17-11-23-40-44(32)48(36)34-19-7-9-21-38(34)50-40/h3-26,42H,1-2H3. The molecule has 4 nitrogen and oxygen atoms in total. The molecule has 4 heterocycles. The molecule has 0 unspecified atom stereocenters. The lowest BCUT2D eigenvalue weighted by molar-refractivity contribution is 0.477. The van der Waals surface area contributed by atoms with Crippen LogP contribution in [0.2, 0.25) is 0 Å². The van der Waals surface area contributed by atoms with Gasteiger partial charge in [-0.3, -0.25) is 0 Å². The van der Waals surface area contributed by atoms with Gasteiger partial charge in [0, 0.05) is 22.7 Å². The number of para-hydroxylation sites is 6. The van der Waals surface area contributed by atoms with Crippen LogP contribution >= 0.6 is 0 Å². The summed E-state index contributed by atoms with van der Waals surface area (Å²) in [7, 11) is 0. The van der Waals surface area contributed by atoms with Gasteiger partial charge < -0.3 is 19.3 Å². The second-order valence-electron chi connectivity index (χ2n) is 14.8. The first-order chi connectivity index (χ1) is 25.1. The lowest BCUT2D eigenvalue weighted by atomic mass is 9.33. The Kier molecular flexibility index (Phi) is 5.16. The molecule has 240 valence electrons. The molecule has 0 amide bonds. The number of hydrogen-bond acceptors (Lipinski definition) is 4. The van der Waals surface area contributed by atoms with Crippen molar-refractivity contribution in [1.82, 2.24) is 0 Å². The minimum atomic E-state index is -0.120. The molecule has 1 aliphatic carbocycles. The topological polar surface area (TPSA) is 24.9 Å². The Labute approximate surface area is 297 Å². The molecule has 0 atom stereocenters. The van der Waals surface area contributed by atoms with Crippen LogP contribution in [0.5, 0.6) is 23.0 Å². The van der Waals surface area contributed by atoms with Crippen molar-refractivity contribution in [3.8, 4) is 23.0 Å². The first kappa shape index (κ1) is 27.6. The molecule has 0 N–H and O–H groups in total. The van der Waals surface area contributed by atoms with Gasteiger partial charge in [-0.1, -0.05) is 111 Å². The van der Waals surface area contributed by atoms with Gasteiger partial charge in [0.1, 0.15) is 0 Å². The van der Waals surface area contributed by atoms with Crippen molar-refractivity contribution in [1.29, 1.82) is 0 Å². The number of anilines is 6. The monoisotopic (exact) mass is 654 g/mol. The van der Waals surface area contributed by atoms with Gasteiger partial charge in [0.15, 0.2) is 23.0 Å². The van der Waals surface area contributed by atoms with Gasteiger partial charge in [-0.25, -0.2) is 0 Å². The minimum Gasteiger partial charge on any atom is -0.453 e. The number of ether oxygens (including phenoxy) is 2. The van der Waals surface area contributed by atoms with E-state index in [-0.39, 0.29) is 18.0 Å². The number of hydrogen-bond donors (Lipinski definition) is 0. The predicted octanol–water partition coefficient (Wildman–Crippen LogP) is 9.80. The molecule has 5 aliphatic rings. The summed E-state index contributed by atoms with van der Waals surface area (Å²) in [6.45, 7) is 4.73. The SMILES string of the molecule is CC1(C)c2ccccc2C(c2cc3c4c(c2)N2c5ccccc5Oc5cccc(c52)B4c2cccc4c2N3c2ccccc2O4)c2ccccc21. The van der Waals surface area contributed by atoms with Crippen LogP contribution < -0.4 is 35.7 Å². The van der Waals surface area contributed by atoms with Crippen molar-refractivity contribution in [2.24, 2.45) is 0 Å². The Morgan fingerprint density at radius 3 is 1.47 bits per heavy atom. The summed E-state index contributed by atoms with van der Waals surface area (Å²) >= 11 is 0. The zero-order chi connectivity index (χ0) is 33.6. The third-order valence-corrected chi connectivity index (χ3v) is 11.9. The quantitative estimate of drug-likeness (QED) is 0.165. The van der Waals surface area contributed by atoms with Crippen LogP contribution in [0.4, 0.5) is 34.1 Å². The van der Waals surface area contributed by atoms with Gasteiger partial charge in [0.25, 0.3) is 6.71 Å². The van der Waals surface area contributed by atoms with E-state index < -0.39 is 0 Å². The normalized spacial score (nSPS) is 15.9. The summed E-state index contributed by atoms with van der Waals surface area (Å²) < 4.78 is 13.4. The Bertz CT molecular complexity index is 2500. The maximum Gasteiger partial charge on any atom is 0.252 e. The van der Waals surface area contributed by atoms with Crippen LogP contribution in [-0.4, -0.2) is 6.71 Å². The lowest BCUT2D eigenvalue weighted by Gasteiger charge is -2.48. The summed E-state index contributed by atoms with van der Waals surface area (Å²) in [6, 6.07) is 53.2. The van der Waals surface area contributed by atoms with Crippen molar-refractivity contribution < 1.29 is 9.47 Å². The Balaban J connectivity index is 1.23. The van der Waals surface area contributed by atoms with Crippen molar-refractivity contribution >= 4 is 57.2 Å². The van der Waals surface area contributed by atoms with Crippen molar-refractivity contribution in [2.45, 2.75) is 25.2 Å². The van der Waals surface area contributed by atoms with E-state index in [4.69, 9.17) is 9.47 Å². The van der Waals surface area contributed by atoms with E-state index in [1.807, 2.05) is 0 Å². The van der Waals surface area contributed by atoms with E-state index in [0.717, 1.165) is 45.7 Å². The van der Waals surface area contributed by atoms with E-state index in [2.05, 4.69) is 169 Å². The highest BCUT2D eigenvalue weighted by molar-refractivity contribution is 7.00. The largest absolute Gasteiger partial charge is 0.453 e. The first-order valence-electron chi connectivity index (χ1n) is 17.8. The molecule has 4 aliphatic heterocycles. The molecule has 0 aromatic heterocycles. The van der Waals surface area contributed by atoms with Crippen LogP contribution in [0.25, 0.3) is 0 Å². The molecule has 7 aromatic rings. The van der Waals surface area contributed by atoms with Crippen LogP contribution in [0.1, 0.15) is 47.6 Å². The van der Waals surface area contributed by atoms with Crippen molar-refractivity contribution in [2.75, 3.05) is 9.80 Å². The minimum absolute atomic E-state index is 0.00552. The fourth-order valence-corrected chi connectivity index (χ4v) is 9.89. The maximum atomic E-state index is 6.68. The Hall–Kier alpha value is -6.20. The van der Waals surface area contributed by atoms with Gasteiger partial charge in [-0.2, -0.15) is 0 Å². The van der Waals surface area contributed by atoms with Gasteiger partial charge in [-0.15, -0.1) is 0 Å². The summed E-state index contributed by atoms with van der Waals surface area (Å²) in [5, 5.41) is 0. The summed E-state index contributed by atoms with van der Waals surface area (Å²) in [5.41, 5.74) is 17.2. The molecule has 7 aromatic carbocycles. The fraction of sp³-hybridized carbons (Fsp3) is 0.0870. The molecule has 5 heteroatoms. The smallest absolute Gasteiger partial charge is 0.252 e. The second kappa shape index (κ2) is 9.52. The predicted molar refractivity (Wildman–Crippen MR) is 207 cm³/mol. The average Bonchev–Trinajstić information content (AvgIpc) is 3.17. The van der Waals surface area contributed by atoms with E-state index in [1.54, 1.807) is 0 Å². The zero-order valence-corrected chi connectivity index (χ0v) is 28.2. The molecule has 51 heavy (non-hydrogen) atoms. The number of nitrogens with zero attached hydrogens (tertiary/aromatic N) is 2. The molecular weight excluding hydrogens is 623 g/mol. The molecule has 0 saturated carbocycles. The second-order valence-corrected chi connectivity index (χ2v) is 14.8. The van der Waals surface area contributed by atoms with Crippen LogP contribution in [-0.2, 0) is 5.41 Å². The van der Waals surface area contributed by atoms with Gasteiger partial charge in [0.05, 0.1) is 22.7 Å². The van der Waals surface area contributed by atoms with E-state index in [9.17, 15) is 0 Å². The van der Waals surface area contributed by atoms with Crippen molar-refractivity contribution in [3.05, 3.63) is 173 Å². The number of benzene rings is 7. The van der Waals surface area contributed by atoms with Crippen LogP contribution in [0.15, 0.2) is 146 Å². The highest BCUT2D eigenvalue weighted by atomic mass is 16.5. The molecule has 0 saturated heterocycles. The number of fused-ring (bicyclic) bond motifs is 10. The van der Waals surface area contributed by atoms with Gasteiger partial charge in [-0.05, 0) is 92.7 Å². The molecule has 0 fully saturated rings. The molecule has 0 radical (unpaired) electrons. The summed E-state index contributed by atoms with van der Waals surface area (Å²) in [5.74, 6) is 3.54. The zero-order valence-electron chi connectivity index (χ0n) is 28.2. The molecular formula is C46H31BN2O2. The third-order valence-electron chi connectivity index (χ3n) is 11.9. The van der Waals surface area contributed by atoms with Gasteiger partial charge >= 0.3 is 0 Å². The highest BCUT2D eigenvalue weighted by Gasteiger charge is 2.49. The van der Waals surface area contributed by atoms with Gasteiger partial charge in [0.2, 0.25) is 0 Å². The van der Waals surface area contributed by atoms with E-state index in [1.165, 1.54) is 55.6 Å². The number of rotatable bonds is 1. The van der Waals surface area contributed by atoms with Crippen LogP contribution in [0.3, 0.4) is 0 Å². The van der Waals surface area contributed by atoms with E-state index >= 15 is 0 Å². The average molecular weight is 655 g/mol. The molecule has 12 rings (SSSR count). The summed E-state index contributed by atoms with van der Waals surface area (Å²) in [4.78, 5) is 4.96. The van der Waals surface area contributed by atoms with Crippen molar-refractivity contribution in [3.63, 3.8) is 0 Å². The first-order valence-corrected chi connectivity index (χ1v) is 17.8. The molecule has 0 spiro atoms. The lowest BCUT2D eigenvalue weighted by Crippen LogP contribution is -2.62. The fourth-order valence-electron chi connectivity index (χ4n) is 9.89. The Morgan fingerprint density at radius 2 is 0.941 bits per heavy atom. The third kappa shape index (κ3) is 3.41. The maximum absolute atomic E-state index is 6.68. The van der Waals surface area contributed by atoms with Crippen LogP contribution in [0, 0.1) is 0 Å². The molecule has 0 bridgehead atoms. The Morgan fingerprint density at radius 1 is 0.490 bits per heavy atom. The van der Waals surface area contributed by atoms with E-state index in [0.29, 0.717) is 0 Å². The summed E-state index contributed by atoms with van der Waals surface area (Å²) in [6.07, 6.45) is 0. The highest BCUT2D eigenvalue weighted by Crippen LogP contribution is 2.57.